The molecular formula is C16H17N3. The highest BCUT2D eigenvalue weighted by molar-refractivity contribution is 5.90. The molecule has 3 fully saturated rings. The Bertz CT molecular complexity index is 662. The van der Waals surface area contributed by atoms with E-state index in [-0.39, 0.29) is 0 Å². The van der Waals surface area contributed by atoms with Gasteiger partial charge in [0.2, 0.25) is 0 Å². The van der Waals surface area contributed by atoms with Crippen LogP contribution in [0.1, 0.15) is 37.4 Å². The lowest BCUT2D eigenvalue weighted by molar-refractivity contribution is 0.789. The SMILES string of the molecule is c1ccc2c(N3CCC4CC43)nc(C3CC3)nc2c1. The van der Waals surface area contributed by atoms with Crippen molar-refractivity contribution in [1.82, 2.24) is 9.97 Å². The molecule has 0 bridgehead atoms. The number of aromatic nitrogens is 2. The molecule has 2 heterocycles. The van der Waals surface area contributed by atoms with Gasteiger partial charge in [-0.05, 0) is 43.7 Å². The minimum atomic E-state index is 0.626. The second-order valence-corrected chi connectivity index (χ2v) is 6.24. The van der Waals surface area contributed by atoms with Crippen molar-refractivity contribution < 1.29 is 0 Å². The molecule has 2 unspecified atom stereocenters. The van der Waals surface area contributed by atoms with E-state index in [1.807, 2.05) is 0 Å². The Morgan fingerprint density at radius 2 is 1.95 bits per heavy atom. The topological polar surface area (TPSA) is 29.0 Å². The number of hydrogen-bond acceptors (Lipinski definition) is 3. The average Bonchev–Trinajstić information content (AvgIpc) is 3.36. The van der Waals surface area contributed by atoms with Crippen LogP contribution in [0.4, 0.5) is 5.82 Å². The average molecular weight is 251 g/mol. The minimum absolute atomic E-state index is 0.626. The van der Waals surface area contributed by atoms with E-state index in [2.05, 4.69) is 29.2 Å². The van der Waals surface area contributed by atoms with Crippen molar-refractivity contribution in [3.63, 3.8) is 0 Å². The van der Waals surface area contributed by atoms with Crippen molar-refractivity contribution in [2.24, 2.45) is 5.92 Å². The van der Waals surface area contributed by atoms with Gasteiger partial charge < -0.3 is 4.90 Å². The van der Waals surface area contributed by atoms with Gasteiger partial charge in [0, 0.05) is 23.9 Å². The Hall–Kier alpha value is -1.64. The summed E-state index contributed by atoms with van der Waals surface area (Å²) in [7, 11) is 0. The summed E-state index contributed by atoms with van der Waals surface area (Å²) < 4.78 is 0. The third-order valence-electron chi connectivity index (χ3n) is 4.84. The number of anilines is 1. The molecule has 2 saturated carbocycles. The maximum Gasteiger partial charge on any atom is 0.140 e. The van der Waals surface area contributed by atoms with Crippen LogP contribution in [0.25, 0.3) is 10.9 Å². The maximum atomic E-state index is 4.94. The molecule has 0 N–H and O–H groups in total. The van der Waals surface area contributed by atoms with Crippen LogP contribution in [0.15, 0.2) is 24.3 Å². The largest absolute Gasteiger partial charge is 0.353 e. The Morgan fingerprint density at radius 1 is 1.05 bits per heavy atom. The second-order valence-electron chi connectivity index (χ2n) is 6.24. The molecule has 2 aromatic rings. The zero-order valence-corrected chi connectivity index (χ0v) is 10.9. The molecule has 3 heteroatoms. The molecule has 19 heavy (non-hydrogen) atoms. The van der Waals surface area contributed by atoms with Crippen molar-refractivity contribution >= 4 is 16.7 Å². The van der Waals surface area contributed by atoms with E-state index in [4.69, 9.17) is 9.97 Å². The quantitative estimate of drug-likeness (QED) is 0.821. The summed E-state index contributed by atoms with van der Waals surface area (Å²) in [6.45, 7) is 1.18. The lowest BCUT2D eigenvalue weighted by Crippen LogP contribution is -2.24. The highest BCUT2D eigenvalue weighted by atomic mass is 15.3. The molecule has 0 radical (unpaired) electrons. The second kappa shape index (κ2) is 3.47. The van der Waals surface area contributed by atoms with E-state index in [9.17, 15) is 0 Å². The Kier molecular flexibility index (Phi) is 1.86. The molecular weight excluding hydrogens is 234 g/mol. The van der Waals surface area contributed by atoms with Gasteiger partial charge in [-0.3, -0.25) is 0 Å². The third kappa shape index (κ3) is 1.50. The van der Waals surface area contributed by atoms with Crippen LogP contribution in [0, 0.1) is 5.92 Å². The number of fused-ring (bicyclic) bond motifs is 2. The van der Waals surface area contributed by atoms with Crippen molar-refractivity contribution in [2.75, 3.05) is 11.4 Å². The van der Waals surface area contributed by atoms with Crippen LogP contribution in [-0.2, 0) is 0 Å². The van der Waals surface area contributed by atoms with Gasteiger partial charge in [-0.1, -0.05) is 12.1 Å². The first-order valence-corrected chi connectivity index (χ1v) is 7.43. The van der Waals surface area contributed by atoms with Gasteiger partial charge in [0.15, 0.2) is 0 Å². The normalized spacial score (nSPS) is 28.7. The number of para-hydroxylation sites is 1. The lowest BCUT2D eigenvalue weighted by atomic mass is 10.2. The fourth-order valence-corrected chi connectivity index (χ4v) is 3.48. The molecule has 3 nitrogen and oxygen atoms in total. The lowest BCUT2D eigenvalue weighted by Gasteiger charge is -2.21. The van der Waals surface area contributed by atoms with Gasteiger partial charge in [-0.15, -0.1) is 0 Å². The van der Waals surface area contributed by atoms with Crippen LogP contribution in [0.3, 0.4) is 0 Å². The molecule has 3 aliphatic rings. The Balaban J connectivity index is 1.72. The number of benzene rings is 1. The summed E-state index contributed by atoms with van der Waals surface area (Å²) in [5.74, 6) is 3.86. The van der Waals surface area contributed by atoms with E-state index in [1.165, 1.54) is 43.4 Å². The molecule has 1 aliphatic heterocycles. The summed E-state index contributed by atoms with van der Waals surface area (Å²) in [4.78, 5) is 12.2. The molecule has 1 aromatic heterocycles. The first kappa shape index (κ1) is 10.2. The molecule has 1 aromatic carbocycles. The first-order valence-electron chi connectivity index (χ1n) is 7.43. The molecule has 5 rings (SSSR count). The highest BCUT2D eigenvalue weighted by Gasteiger charge is 2.47. The van der Waals surface area contributed by atoms with Crippen molar-refractivity contribution in [1.29, 1.82) is 0 Å². The molecule has 2 aliphatic carbocycles. The molecule has 1 saturated heterocycles. The van der Waals surface area contributed by atoms with Gasteiger partial charge in [0.1, 0.15) is 11.6 Å². The van der Waals surface area contributed by atoms with Gasteiger partial charge in [-0.2, -0.15) is 0 Å². The number of nitrogens with zero attached hydrogens (tertiary/aromatic N) is 3. The number of hydrogen-bond donors (Lipinski definition) is 0. The smallest absolute Gasteiger partial charge is 0.140 e. The summed E-state index contributed by atoms with van der Waals surface area (Å²) >= 11 is 0. The van der Waals surface area contributed by atoms with Crippen molar-refractivity contribution in [3.8, 4) is 0 Å². The standard InChI is InChI=1S/C16H17N3/c1-2-4-13-12(3-1)16(18-15(17-13)10-5-6-10)19-8-7-11-9-14(11)19/h1-4,10-11,14H,5-9H2. The van der Waals surface area contributed by atoms with Gasteiger partial charge in [0.25, 0.3) is 0 Å². The first-order chi connectivity index (χ1) is 9.40. The molecule has 2 atom stereocenters. The molecule has 96 valence electrons. The van der Waals surface area contributed by atoms with Gasteiger partial charge in [0.05, 0.1) is 5.52 Å². The molecule has 0 amide bonds. The van der Waals surface area contributed by atoms with E-state index in [1.54, 1.807) is 0 Å². The maximum absolute atomic E-state index is 4.94. The summed E-state index contributed by atoms with van der Waals surface area (Å²) in [6.07, 6.45) is 5.26. The van der Waals surface area contributed by atoms with Gasteiger partial charge in [-0.25, -0.2) is 9.97 Å². The number of piperidine rings is 1. The Morgan fingerprint density at radius 3 is 2.68 bits per heavy atom. The summed E-state index contributed by atoms with van der Waals surface area (Å²) in [5.41, 5.74) is 1.12. The zero-order valence-electron chi connectivity index (χ0n) is 10.9. The van der Waals surface area contributed by atoms with Crippen LogP contribution in [0.5, 0.6) is 0 Å². The van der Waals surface area contributed by atoms with E-state index >= 15 is 0 Å². The van der Waals surface area contributed by atoms with E-state index in [0.29, 0.717) is 5.92 Å². The van der Waals surface area contributed by atoms with E-state index < -0.39 is 0 Å². The predicted molar refractivity (Wildman–Crippen MR) is 75.4 cm³/mol. The van der Waals surface area contributed by atoms with Crippen LogP contribution < -0.4 is 4.90 Å². The number of rotatable bonds is 2. The zero-order chi connectivity index (χ0) is 12.4. The van der Waals surface area contributed by atoms with Crippen LogP contribution in [-0.4, -0.2) is 22.6 Å². The fourth-order valence-electron chi connectivity index (χ4n) is 3.48. The van der Waals surface area contributed by atoms with Gasteiger partial charge >= 0.3 is 0 Å². The van der Waals surface area contributed by atoms with Crippen molar-refractivity contribution in [3.05, 3.63) is 30.1 Å². The van der Waals surface area contributed by atoms with Crippen molar-refractivity contribution in [2.45, 2.75) is 37.6 Å². The van der Waals surface area contributed by atoms with E-state index in [0.717, 1.165) is 23.3 Å². The predicted octanol–water partition coefficient (Wildman–Crippen LogP) is 3.11. The summed E-state index contributed by atoms with van der Waals surface area (Å²) in [6, 6.07) is 9.26. The minimum Gasteiger partial charge on any atom is -0.353 e. The Labute approximate surface area is 112 Å². The third-order valence-corrected chi connectivity index (χ3v) is 4.84. The van der Waals surface area contributed by atoms with Crippen LogP contribution >= 0.6 is 0 Å². The monoisotopic (exact) mass is 251 g/mol. The fraction of sp³-hybridized carbons (Fsp3) is 0.500. The summed E-state index contributed by atoms with van der Waals surface area (Å²) in [5, 5.41) is 1.24. The van der Waals surface area contributed by atoms with Crippen LogP contribution in [0.2, 0.25) is 0 Å². The molecule has 0 spiro atoms. The highest BCUT2D eigenvalue weighted by Crippen LogP contribution is 2.48.